The van der Waals surface area contributed by atoms with Crippen molar-refractivity contribution in [2.75, 3.05) is 13.2 Å². The first-order chi connectivity index (χ1) is 12.0. The Morgan fingerprint density at radius 1 is 0.960 bits per heavy atom. The van der Waals surface area contributed by atoms with Crippen LogP contribution in [0.2, 0.25) is 0 Å². The van der Waals surface area contributed by atoms with Gasteiger partial charge in [-0.1, -0.05) is 56.9 Å². The summed E-state index contributed by atoms with van der Waals surface area (Å²) in [6.07, 6.45) is 2.13. The number of benzene rings is 1. The second kappa shape index (κ2) is 10.2. The maximum Gasteiger partial charge on any atom is 0.389 e. The molecule has 2 nitrogen and oxygen atoms in total. The summed E-state index contributed by atoms with van der Waals surface area (Å²) < 4.78 is 48.0. The Balaban J connectivity index is 1.70. The van der Waals surface area contributed by atoms with Gasteiger partial charge in [-0.2, -0.15) is 13.2 Å². The van der Waals surface area contributed by atoms with Gasteiger partial charge in [0.1, 0.15) is 0 Å². The monoisotopic (exact) mass is 358 g/mol. The quantitative estimate of drug-likeness (QED) is 0.489. The molecule has 0 radical (unpaired) electrons. The zero-order chi connectivity index (χ0) is 18.1. The maximum atomic E-state index is 12.3. The Bertz CT molecular complexity index is 477. The molecule has 0 spiro atoms. The molecule has 25 heavy (non-hydrogen) atoms. The maximum absolute atomic E-state index is 12.3. The molecule has 1 fully saturated rings. The van der Waals surface area contributed by atoms with E-state index in [-0.39, 0.29) is 12.3 Å². The van der Waals surface area contributed by atoms with E-state index in [0.29, 0.717) is 13.2 Å². The minimum absolute atomic E-state index is 0.0627. The van der Waals surface area contributed by atoms with Crippen LogP contribution < -0.4 is 0 Å². The Kier molecular flexibility index (Phi) is 8.24. The van der Waals surface area contributed by atoms with Crippen LogP contribution in [0.25, 0.3) is 0 Å². The normalized spacial score (nSPS) is 21.4. The van der Waals surface area contributed by atoms with Gasteiger partial charge in [0.15, 0.2) is 6.29 Å². The standard InChI is InChI=1S/C20H29F3O2/c1-2-3-4-5-6-7-16-8-10-18(11-9-16)19-24-14-17(15-25-19)12-13-20(21,22)23/h8-11,17,19H,2-7,12-15H2,1H3/t17-,19-. The highest BCUT2D eigenvalue weighted by molar-refractivity contribution is 5.23. The van der Waals surface area contributed by atoms with Crippen molar-refractivity contribution in [1.29, 1.82) is 0 Å². The predicted molar refractivity (Wildman–Crippen MR) is 92.3 cm³/mol. The smallest absolute Gasteiger partial charge is 0.348 e. The molecule has 1 saturated heterocycles. The molecular weight excluding hydrogens is 329 g/mol. The molecule has 0 bridgehead atoms. The van der Waals surface area contributed by atoms with E-state index < -0.39 is 18.9 Å². The van der Waals surface area contributed by atoms with Gasteiger partial charge in [-0.25, -0.2) is 0 Å². The molecule has 142 valence electrons. The Labute approximate surface area is 148 Å². The van der Waals surface area contributed by atoms with Gasteiger partial charge in [-0.15, -0.1) is 0 Å². The van der Waals surface area contributed by atoms with E-state index in [1.54, 1.807) is 0 Å². The predicted octanol–water partition coefficient (Wildman–Crippen LogP) is 6.20. The Hall–Kier alpha value is -1.07. The van der Waals surface area contributed by atoms with Crippen molar-refractivity contribution in [3.63, 3.8) is 0 Å². The lowest BCUT2D eigenvalue weighted by atomic mass is 10.0. The van der Waals surface area contributed by atoms with Gasteiger partial charge in [0.2, 0.25) is 0 Å². The van der Waals surface area contributed by atoms with Crippen LogP contribution in [0.3, 0.4) is 0 Å². The summed E-state index contributed by atoms with van der Waals surface area (Å²) >= 11 is 0. The fourth-order valence-electron chi connectivity index (χ4n) is 3.04. The van der Waals surface area contributed by atoms with Crippen molar-refractivity contribution in [2.45, 2.75) is 70.8 Å². The zero-order valence-corrected chi connectivity index (χ0v) is 15.0. The number of ether oxygens (including phenoxy) is 2. The van der Waals surface area contributed by atoms with Crippen molar-refractivity contribution in [3.05, 3.63) is 35.4 Å². The van der Waals surface area contributed by atoms with Gasteiger partial charge < -0.3 is 9.47 Å². The third-order valence-corrected chi connectivity index (χ3v) is 4.62. The first-order valence-corrected chi connectivity index (χ1v) is 9.36. The number of rotatable bonds is 9. The molecule has 0 N–H and O–H groups in total. The SMILES string of the molecule is CCCCCCCc1ccc([C@H]2OC[C@H](CCC(F)(F)F)CO2)cc1. The molecule has 1 aromatic rings. The molecule has 0 saturated carbocycles. The topological polar surface area (TPSA) is 18.5 Å². The van der Waals surface area contributed by atoms with E-state index in [1.807, 2.05) is 12.1 Å². The summed E-state index contributed by atoms with van der Waals surface area (Å²) in [6.45, 7) is 2.85. The van der Waals surface area contributed by atoms with Crippen LogP contribution in [0.4, 0.5) is 13.2 Å². The number of aryl methyl sites for hydroxylation is 1. The summed E-state index contributed by atoms with van der Waals surface area (Å²) in [5.74, 6) is -0.180. The number of alkyl halides is 3. The molecule has 1 heterocycles. The van der Waals surface area contributed by atoms with E-state index in [0.717, 1.165) is 12.0 Å². The lowest BCUT2D eigenvalue weighted by Crippen LogP contribution is -2.28. The van der Waals surface area contributed by atoms with E-state index in [9.17, 15) is 13.2 Å². The van der Waals surface area contributed by atoms with Crippen LogP contribution in [0.15, 0.2) is 24.3 Å². The highest BCUT2D eigenvalue weighted by atomic mass is 19.4. The van der Waals surface area contributed by atoms with Crippen LogP contribution in [0, 0.1) is 5.92 Å². The van der Waals surface area contributed by atoms with Crippen LogP contribution >= 0.6 is 0 Å². The molecule has 1 aliphatic rings. The molecule has 2 rings (SSSR count). The number of halogens is 3. The van der Waals surface area contributed by atoms with Crippen molar-refractivity contribution in [2.24, 2.45) is 5.92 Å². The first-order valence-electron chi connectivity index (χ1n) is 9.36. The van der Waals surface area contributed by atoms with E-state index in [1.165, 1.54) is 37.7 Å². The van der Waals surface area contributed by atoms with E-state index in [2.05, 4.69) is 19.1 Å². The van der Waals surface area contributed by atoms with Crippen LogP contribution in [0.1, 0.15) is 69.3 Å². The van der Waals surface area contributed by atoms with Gasteiger partial charge >= 0.3 is 6.18 Å². The molecular formula is C20H29F3O2. The fraction of sp³-hybridized carbons (Fsp3) is 0.700. The summed E-state index contributed by atoms with van der Waals surface area (Å²) in [6, 6.07) is 8.19. The molecule has 5 heteroatoms. The summed E-state index contributed by atoms with van der Waals surface area (Å²) in [7, 11) is 0. The average Bonchev–Trinajstić information content (AvgIpc) is 2.60. The van der Waals surface area contributed by atoms with Crippen LogP contribution in [-0.4, -0.2) is 19.4 Å². The minimum Gasteiger partial charge on any atom is -0.348 e. The second-order valence-corrected chi connectivity index (χ2v) is 6.92. The highest BCUT2D eigenvalue weighted by Crippen LogP contribution is 2.30. The second-order valence-electron chi connectivity index (χ2n) is 6.92. The lowest BCUT2D eigenvalue weighted by Gasteiger charge is -2.30. The van der Waals surface area contributed by atoms with Crippen molar-refractivity contribution in [3.8, 4) is 0 Å². The largest absolute Gasteiger partial charge is 0.389 e. The van der Waals surface area contributed by atoms with E-state index >= 15 is 0 Å². The fourth-order valence-corrected chi connectivity index (χ4v) is 3.04. The van der Waals surface area contributed by atoms with E-state index in [4.69, 9.17) is 9.47 Å². The summed E-state index contributed by atoms with van der Waals surface area (Å²) in [5.41, 5.74) is 2.24. The first kappa shape index (κ1) is 20.2. The van der Waals surface area contributed by atoms with Crippen molar-refractivity contribution < 1.29 is 22.6 Å². The summed E-state index contributed by atoms with van der Waals surface area (Å²) in [5, 5.41) is 0. The molecule has 0 aromatic heterocycles. The summed E-state index contributed by atoms with van der Waals surface area (Å²) in [4.78, 5) is 0. The van der Waals surface area contributed by atoms with Gasteiger partial charge in [0.05, 0.1) is 13.2 Å². The third-order valence-electron chi connectivity index (χ3n) is 4.62. The van der Waals surface area contributed by atoms with Gasteiger partial charge in [-0.3, -0.25) is 0 Å². The van der Waals surface area contributed by atoms with Crippen LogP contribution in [0.5, 0.6) is 0 Å². The van der Waals surface area contributed by atoms with Crippen molar-refractivity contribution in [1.82, 2.24) is 0 Å². The van der Waals surface area contributed by atoms with Gasteiger partial charge in [0, 0.05) is 17.9 Å². The minimum atomic E-state index is -4.11. The third kappa shape index (κ3) is 7.78. The average molecular weight is 358 g/mol. The molecule has 1 aliphatic heterocycles. The zero-order valence-electron chi connectivity index (χ0n) is 15.0. The number of hydrogen-bond donors (Lipinski definition) is 0. The Morgan fingerprint density at radius 2 is 1.60 bits per heavy atom. The Morgan fingerprint density at radius 3 is 2.20 bits per heavy atom. The lowest BCUT2D eigenvalue weighted by molar-refractivity contribution is -0.211. The molecule has 0 amide bonds. The molecule has 0 atom stereocenters. The van der Waals surface area contributed by atoms with Gasteiger partial charge in [-0.05, 0) is 24.8 Å². The molecule has 0 aliphatic carbocycles. The van der Waals surface area contributed by atoms with Crippen LogP contribution in [-0.2, 0) is 15.9 Å². The molecule has 1 aromatic carbocycles. The molecule has 0 unspecified atom stereocenters. The number of hydrogen-bond acceptors (Lipinski definition) is 2. The van der Waals surface area contributed by atoms with Crippen molar-refractivity contribution >= 4 is 0 Å². The van der Waals surface area contributed by atoms with Gasteiger partial charge in [0.25, 0.3) is 0 Å². The number of unbranched alkanes of at least 4 members (excludes halogenated alkanes) is 4. The highest BCUT2D eigenvalue weighted by Gasteiger charge is 2.30.